The van der Waals surface area contributed by atoms with Crippen molar-refractivity contribution in [1.82, 2.24) is 9.80 Å². The van der Waals surface area contributed by atoms with Crippen molar-refractivity contribution in [3.63, 3.8) is 0 Å². The van der Waals surface area contributed by atoms with Crippen molar-refractivity contribution in [2.45, 2.75) is 18.6 Å². The predicted molar refractivity (Wildman–Crippen MR) is 80.9 cm³/mol. The van der Waals surface area contributed by atoms with E-state index in [4.69, 9.17) is 18.9 Å². The summed E-state index contributed by atoms with van der Waals surface area (Å²) < 4.78 is 21.9. The smallest absolute Gasteiger partial charge is 0.410 e. The molecule has 1 atom stereocenters. The Balaban J connectivity index is 1.49. The van der Waals surface area contributed by atoms with Crippen LogP contribution in [0.15, 0.2) is 12.1 Å². The van der Waals surface area contributed by atoms with Gasteiger partial charge in [-0.2, -0.15) is 0 Å². The summed E-state index contributed by atoms with van der Waals surface area (Å²) in [5, 5.41) is 0. The summed E-state index contributed by atoms with van der Waals surface area (Å²) in [5.41, 5.74) is 0.743. The first-order valence-electron chi connectivity index (χ1n) is 7.71. The predicted octanol–water partition coefficient (Wildman–Crippen LogP) is 1.45. The average Bonchev–Trinajstić information content (AvgIpc) is 3.19. The number of nitrogens with zero attached hydrogens (tertiary/aromatic N) is 2. The molecule has 2 fully saturated rings. The van der Waals surface area contributed by atoms with E-state index < -0.39 is 0 Å². The Kier molecular flexibility index (Phi) is 3.26. The molecule has 7 heteroatoms. The number of likely N-dealkylation sites (N-methyl/N-ethyl adjacent to an activating group) is 1. The molecule has 3 heterocycles. The summed E-state index contributed by atoms with van der Waals surface area (Å²) in [6, 6.07) is 3.97. The van der Waals surface area contributed by atoms with Crippen LogP contribution in [0.3, 0.4) is 0 Å². The molecule has 0 aliphatic carbocycles. The van der Waals surface area contributed by atoms with Gasteiger partial charge in [-0.3, -0.25) is 4.90 Å². The molecule has 0 N–H and O–H groups in total. The SMILES string of the molecule is COc1cc(CN2CC[C@]3(C2)CN(C)C(=O)O3)cc2c1OCO2. The fourth-order valence-electron chi connectivity index (χ4n) is 3.60. The van der Waals surface area contributed by atoms with E-state index in [1.807, 2.05) is 12.1 Å². The molecule has 0 unspecified atom stereocenters. The van der Waals surface area contributed by atoms with E-state index in [-0.39, 0.29) is 18.5 Å². The Morgan fingerprint density at radius 3 is 2.91 bits per heavy atom. The minimum Gasteiger partial charge on any atom is -0.493 e. The number of benzene rings is 1. The average molecular weight is 320 g/mol. The van der Waals surface area contributed by atoms with Gasteiger partial charge in [0.05, 0.1) is 13.7 Å². The molecule has 1 aromatic rings. The lowest BCUT2D eigenvalue weighted by Crippen LogP contribution is -2.37. The quantitative estimate of drug-likeness (QED) is 0.840. The Labute approximate surface area is 134 Å². The molecule has 1 aromatic carbocycles. The van der Waals surface area contributed by atoms with E-state index in [0.717, 1.165) is 37.4 Å². The third-order valence-electron chi connectivity index (χ3n) is 4.66. The van der Waals surface area contributed by atoms with Gasteiger partial charge in [0.15, 0.2) is 11.5 Å². The zero-order chi connectivity index (χ0) is 16.0. The van der Waals surface area contributed by atoms with Crippen molar-refractivity contribution < 1.29 is 23.7 Å². The van der Waals surface area contributed by atoms with Crippen LogP contribution in [0.5, 0.6) is 17.2 Å². The van der Waals surface area contributed by atoms with E-state index >= 15 is 0 Å². The Morgan fingerprint density at radius 2 is 2.17 bits per heavy atom. The molecule has 4 rings (SSSR count). The zero-order valence-electron chi connectivity index (χ0n) is 13.3. The number of carbonyl (C=O) groups excluding carboxylic acids is 1. The fraction of sp³-hybridized carbons (Fsp3) is 0.562. The first-order chi connectivity index (χ1) is 11.1. The van der Waals surface area contributed by atoms with Gasteiger partial charge in [-0.1, -0.05) is 0 Å². The summed E-state index contributed by atoms with van der Waals surface area (Å²) in [7, 11) is 3.40. The highest BCUT2D eigenvalue weighted by Gasteiger charge is 2.48. The third kappa shape index (κ3) is 2.45. The number of hydrogen-bond donors (Lipinski definition) is 0. The second-order valence-corrected chi connectivity index (χ2v) is 6.40. The molecule has 23 heavy (non-hydrogen) atoms. The number of rotatable bonds is 3. The normalized spacial score (nSPS) is 26.2. The minimum absolute atomic E-state index is 0.225. The van der Waals surface area contributed by atoms with Crippen LogP contribution in [0, 0.1) is 0 Å². The maximum atomic E-state index is 11.6. The van der Waals surface area contributed by atoms with E-state index in [2.05, 4.69) is 4.90 Å². The standard InChI is InChI=1S/C16H20N2O5/c1-17-8-16(23-15(17)19)3-4-18(9-16)7-11-5-12(20-2)14-13(6-11)21-10-22-14/h5-6H,3-4,7-10H2,1-2H3/t16-/m1/s1. The van der Waals surface area contributed by atoms with E-state index in [9.17, 15) is 4.79 Å². The molecule has 0 radical (unpaired) electrons. The van der Waals surface area contributed by atoms with Gasteiger partial charge in [0.25, 0.3) is 0 Å². The third-order valence-corrected chi connectivity index (χ3v) is 4.66. The van der Waals surface area contributed by atoms with Crippen molar-refractivity contribution in [1.29, 1.82) is 0 Å². The maximum absolute atomic E-state index is 11.6. The van der Waals surface area contributed by atoms with Crippen LogP contribution >= 0.6 is 0 Å². The van der Waals surface area contributed by atoms with Gasteiger partial charge in [-0.15, -0.1) is 0 Å². The van der Waals surface area contributed by atoms with Gasteiger partial charge in [0, 0.05) is 33.1 Å². The zero-order valence-corrected chi connectivity index (χ0v) is 13.3. The lowest BCUT2D eigenvalue weighted by Gasteiger charge is -2.22. The molecule has 3 aliphatic rings. The van der Waals surface area contributed by atoms with Crippen molar-refractivity contribution in [2.24, 2.45) is 0 Å². The van der Waals surface area contributed by atoms with Crippen LogP contribution in [-0.4, -0.2) is 62.1 Å². The number of hydrogen-bond acceptors (Lipinski definition) is 6. The summed E-state index contributed by atoms with van der Waals surface area (Å²) >= 11 is 0. The van der Waals surface area contributed by atoms with Gasteiger partial charge >= 0.3 is 6.09 Å². The first kappa shape index (κ1) is 14.4. The highest BCUT2D eigenvalue weighted by molar-refractivity contribution is 5.70. The van der Waals surface area contributed by atoms with Crippen molar-refractivity contribution >= 4 is 6.09 Å². The van der Waals surface area contributed by atoms with Crippen molar-refractivity contribution in [3.05, 3.63) is 17.7 Å². The number of methoxy groups -OCH3 is 1. The molecule has 7 nitrogen and oxygen atoms in total. The second-order valence-electron chi connectivity index (χ2n) is 6.40. The molecule has 0 saturated carbocycles. The van der Waals surface area contributed by atoms with Gasteiger partial charge in [-0.05, 0) is 17.7 Å². The summed E-state index contributed by atoms with van der Waals surface area (Å²) in [6.45, 7) is 3.30. The van der Waals surface area contributed by atoms with Crippen molar-refractivity contribution in [2.75, 3.05) is 40.6 Å². The fourth-order valence-corrected chi connectivity index (χ4v) is 3.60. The molecule has 0 bridgehead atoms. The second kappa shape index (κ2) is 5.19. The highest BCUT2D eigenvalue weighted by Crippen LogP contribution is 2.42. The number of carbonyl (C=O) groups is 1. The van der Waals surface area contributed by atoms with Gasteiger partial charge in [-0.25, -0.2) is 4.79 Å². The minimum atomic E-state index is -0.355. The summed E-state index contributed by atoms with van der Waals surface area (Å²) in [5.74, 6) is 2.08. The summed E-state index contributed by atoms with van der Waals surface area (Å²) in [6.07, 6.45) is 0.640. The molecule has 124 valence electrons. The summed E-state index contributed by atoms with van der Waals surface area (Å²) in [4.78, 5) is 15.6. The van der Waals surface area contributed by atoms with E-state index in [0.29, 0.717) is 18.0 Å². The molecule has 1 amide bonds. The van der Waals surface area contributed by atoms with Gasteiger partial charge in [0.2, 0.25) is 12.5 Å². The van der Waals surface area contributed by atoms with Crippen LogP contribution in [0.2, 0.25) is 0 Å². The molecule has 1 spiro atoms. The topological polar surface area (TPSA) is 60.5 Å². The Hall–Kier alpha value is -2.15. The van der Waals surface area contributed by atoms with Crippen LogP contribution in [-0.2, 0) is 11.3 Å². The number of ether oxygens (including phenoxy) is 4. The maximum Gasteiger partial charge on any atom is 0.410 e. The van der Waals surface area contributed by atoms with Crippen LogP contribution in [0.4, 0.5) is 4.79 Å². The molecule has 3 aliphatic heterocycles. The Bertz CT molecular complexity index is 650. The van der Waals surface area contributed by atoms with Crippen molar-refractivity contribution in [3.8, 4) is 17.2 Å². The van der Waals surface area contributed by atoms with Crippen LogP contribution in [0.1, 0.15) is 12.0 Å². The lowest BCUT2D eigenvalue weighted by molar-refractivity contribution is 0.0627. The molecular weight excluding hydrogens is 300 g/mol. The molecule has 2 saturated heterocycles. The first-order valence-corrected chi connectivity index (χ1v) is 7.71. The Morgan fingerprint density at radius 1 is 1.30 bits per heavy atom. The number of fused-ring (bicyclic) bond motifs is 1. The van der Waals surface area contributed by atoms with E-state index in [1.54, 1.807) is 19.1 Å². The monoisotopic (exact) mass is 320 g/mol. The molecular formula is C16H20N2O5. The number of likely N-dealkylation sites (tertiary alicyclic amines) is 1. The van der Waals surface area contributed by atoms with Crippen LogP contribution < -0.4 is 14.2 Å². The van der Waals surface area contributed by atoms with E-state index in [1.165, 1.54) is 0 Å². The molecule has 0 aromatic heterocycles. The lowest BCUT2D eigenvalue weighted by atomic mass is 10.0. The van der Waals surface area contributed by atoms with Crippen LogP contribution in [0.25, 0.3) is 0 Å². The van der Waals surface area contributed by atoms with Gasteiger partial charge in [0.1, 0.15) is 5.60 Å². The highest BCUT2D eigenvalue weighted by atomic mass is 16.7. The number of amides is 1. The largest absolute Gasteiger partial charge is 0.493 e. The van der Waals surface area contributed by atoms with Gasteiger partial charge < -0.3 is 23.8 Å².